The van der Waals surface area contributed by atoms with Gasteiger partial charge < -0.3 is 20.4 Å². The molecule has 0 bridgehead atoms. The maximum Gasteiger partial charge on any atom is 3.00 e. The monoisotopic (exact) mass is 820 g/mol. The molecule has 224 valence electrons. The first-order chi connectivity index (χ1) is 21.2. The van der Waals surface area contributed by atoms with Crippen LogP contribution in [0.4, 0.5) is 0 Å². The predicted molar refractivity (Wildman–Crippen MR) is 149 cm³/mol. The Kier molecular flexibility index (Phi) is 12.5. The summed E-state index contributed by atoms with van der Waals surface area (Å²) in [5.74, 6) is -3.40. The normalized spacial score (nSPS) is 13.9. The van der Waals surface area contributed by atoms with Crippen molar-refractivity contribution in [2.24, 2.45) is 20.0 Å². The van der Waals surface area contributed by atoms with Crippen LogP contribution in [0.2, 0.25) is 0 Å². The molecule has 4 aromatic rings. The van der Waals surface area contributed by atoms with Gasteiger partial charge in [0, 0.05) is 22.3 Å². The molecule has 0 aromatic heterocycles. The maximum atomic E-state index is 10.9. The number of benzene rings is 4. The van der Waals surface area contributed by atoms with Crippen molar-refractivity contribution in [3.8, 4) is 0 Å². The molecule has 0 saturated heterocycles. The Hall–Kier alpha value is -4.18. The SMILES string of the molecule is O=C1N=C([O-])c2ccccc21.O=C1N=C([O-])c2ccccc21.O=C1N=C([O-])c2ccccc21.O=C1N=C([O-])c2ccccc21.[Au+3].[K+]. The minimum Gasteiger partial charge on any atom is -0.858 e. The second-order valence-corrected chi connectivity index (χ2v) is 9.07. The fourth-order valence-corrected chi connectivity index (χ4v) is 4.28. The average molecular weight is 821 g/mol. The van der Waals surface area contributed by atoms with Gasteiger partial charge in [0.05, 0.1) is 0 Å². The quantitative estimate of drug-likeness (QED) is 0.165. The number of carbonyl (C=O) groups excluding carboxylic acids is 4. The average Bonchev–Trinajstić information content (AvgIpc) is 3.71. The number of fused-ring (bicyclic) bond motifs is 4. The smallest absolute Gasteiger partial charge is 0.858 e. The van der Waals surface area contributed by atoms with Crippen LogP contribution in [0.1, 0.15) is 63.7 Å². The van der Waals surface area contributed by atoms with E-state index < -0.39 is 47.2 Å². The largest absolute Gasteiger partial charge is 3.00 e. The van der Waals surface area contributed by atoms with Crippen LogP contribution in [-0.2, 0) is 22.4 Å². The molecule has 4 aliphatic heterocycles. The summed E-state index contributed by atoms with van der Waals surface area (Å²) >= 11 is 0. The van der Waals surface area contributed by atoms with Gasteiger partial charge in [-0.25, -0.2) is 20.0 Å². The van der Waals surface area contributed by atoms with Gasteiger partial charge in [0.1, 0.15) is 0 Å². The molecule has 8 rings (SSSR count). The molecular weight excluding hydrogens is 804 g/mol. The standard InChI is InChI=1S/4C8H5NO2.Au.K/c4*10-7-5-3-1-2-4-6(5)8(11)9-7;;/h4*1-4H,(H,9,10,11);;/q;;;;+3;+1/p-4. The molecule has 0 fully saturated rings. The van der Waals surface area contributed by atoms with E-state index in [0.717, 1.165) is 0 Å². The number of aliphatic imine (C=N–C) groups is 4. The van der Waals surface area contributed by atoms with Gasteiger partial charge in [0.2, 0.25) is 0 Å². The van der Waals surface area contributed by atoms with Gasteiger partial charge in [0.15, 0.2) is 0 Å². The van der Waals surface area contributed by atoms with E-state index in [0.29, 0.717) is 44.5 Å². The number of carbonyl (C=O) groups is 4. The van der Waals surface area contributed by atoms with E-state index in [4.69, 9.17) is 0 Å². The first kappa shape index (κ1) is 36.3. The van der Waals surface area contributed by atoms with Crippen LogP contribution in [0.3, 0.4) is 0 Å². The molecule has 12 nitrogen and oxygen atoms in total. The molecule has 4 aliphatic rings. The van der Waals surface area contributed by atoms with Gasteiger partial charge in [-0.3, -0.25) is 19.2 Å². The van der Waals surface area contributed by atoms with Crippen molar-refractivity contribution < 1.29 is 113 Å². The Morgan fingerprint density at radius 3 is 0.630 bits per heavy atom. The summed E-state index contributed by atoms with van der Waals surface area (Å²) in [7, 11) is 0. The molecule has 14 heteroatoms. The van der Waals surface area contributed by atoms with Crippen molar-refractivity contribution in [1.82, 2.24) is 0 Å². The zero-order valence-corrected chi connectivity index (χ0v) is 28.9. The van der Waals surface area contributed by atoms with E-state index in [1.807, 2.05) is 0 Å². The Morgan fingerprint density at radius 2 is 0.478 bits per heavy atom. The Morgan fingerprint density at radius 1 is 0.326 bits per heavy atom. The second-order valence-electron chi connectivity index (χ2n) is 9.07. The van der Waals surface area contributed by atoms with E-state index in [1.54, 1.807) is 97.1 Å². The van der Waals surface area contributed by atoms with Gasteiger partial charge >= 0.3 is 73.8 Å². The Bertz CT molecular complexity index is 1720. The van der Waals surface area contributed by atoms with E-state index in [1.165, 1.54) is 0 Å². The molecule has 0 N–H and O–H groups in total. The van der Waals surface area contributed by atoms with Crippen LogP contribution in [-0.4, -0.2) is 47.2 Å². The molecule has 0 atom stereocenters. The first-order valence-corrected chi connectivity index (χ1v) is 12.7. The molecule has 0 saturated carbocycles. The molecule has 0 aliphatic carbocycles. The summed E-state index contributed by atoms with van der Waals surface area (Å²) in [6, 6.07) is 26.5. The van der Waals surface area contributed by atoms with Crippen molar-refractivity contribution in [2.75, 3.05) is 0 Å². The third-order valence-corrected chi connectivity index (χ3v) is 6.36. The van der Waals surface area contributed by atoms with E-state index in [-0.39, 0.29) is 73.8 Å². The van der Waals surface area contributed by atoms with Crippen LogP contribution < -0.4 is 71.8 Å². The molecule has 4 amide bonds. The predicted octanol–water partition coefficient (Wildman–Crippen LogP) is -3.21. The van der Waals surface area contributed by atoms with E-state index in [2.05, 4.69) is 20.0 Å². The topological polar surface area (TPSA) is 210 Å². The van der Waals surface area contributed by atoms with Crippen LogP contribution in [0.5, 0.6) is 0 Å². The summed E-state index contributed by atoms with van der Waals surface area (Å²) in [6.07, 6.45) is 0. The zero-order valence-electron chi connectivity index (χ0n) is 23.6. The Balaban J connectivity index is 0.000000165. The summed E-state index contributed by atoms with van der Waals surface area (Å²) in [5.41, 5.74) is 3.31. The minimum atomic E-state index is -0.425. The molecule has 0 unspecified atom stereocenters. The summed E-state index contributed by atoms with van der Waals surface area (Å²) in [6.45, 7) is 0. The molecule has 0 spiro atoms. The minimum absolute atomic E-state index is 0. The fourth-order valence-electron chi connectivity index (χ4n) is 4.28. The van der Waals surface area contributed by atoms with Crippen LogP contribution >= 0.6 is 0 Å². The molecule has 4 aromatic carbocycles. The van der Waals surface area contributed by atoms with Crippen molar-refractivity contribution in [2.45, 2.75) is 0 Å². The molecular formula is C32H16AuKN4O8. The first-order valence-electron chi connectivity index (χ1n) is 12.7. The summed E-state index contributed by atoms with van der Waals surface area (Å²) in [5, 5.41) is 43.6. The maximum absolute atomic E-state index is 10.9. The second kappa shape index (κ2) is 15.9. The Labute approximate surface area is 318 Å². The van der Waals surface area contributed by atoms with Crippen molar-refractivity contribution in [3.05, 3.63) is 142 Å². The number of rotatable bonds is 0. The summed E-state index contributed by atoms with van der Waals surface area (Å²) < 4.78 is 0. The van der Waals surface area contributed by atoms with Crippen LogP contribution in [0, 0.1) is 0 Å². The van der Waals surface area contributed by atoms with Gasteiger partial charge in [-0.2, -0.15) is 0 Å². The number of hydrogen-bond donors (Lipinski definition) is 0. The molecule has 4 heterocycles. The van der Waals surface area contributed by atoms with Crippen molar-refractivity contribution in [1.29, 1.82) is 0 Å². The van der Waals surface area contributed by atoms with Crippen molar-refractivity contribution in [3.63, 3.8) is 0 Å². The number of amides is 4. The fraction of sp³-hybridized carbons (Fsp3) is 0. The van der Waals surface area contributed by atoms with Gasteiger partial charge in [-0.15, -0.1) is 0 Å². The zero-order chi connectivity index (χ0) is 31.4. The van der Waals surface area contributed by atoms with E-state index >= 15 is 0 Å². The third kappa shape index (κ3) is 7.78. The van der Waals surface area contributed by atoms with E-state index in [9.17, 15) is 39.6 Å². The molecule has 0 radical (unpaired) electrons. The van der Waals surface area contributed by atoms with Crippen LogP contribution in [0.15, 0.2) is 117 Å². The van der Waals surface area contributed by atoms with Crippen molar-refractivity contribution >= 4 is 47.2 Å². The third-order valence-electron chi connectivity index (χ3n) is 6.36. The number of nitrogens with zero attached hydrogens (tertiary/aromatic N) is 4. The number of hydrogen-bond acceptors (Lipinski definition) is 8. The van der Waals surface area contributed by atoms with Crippen LogP contribution in [0.25, 0.3) is 0 Å². The van der Waals surface area contributed by atoms with Gasteiger partial charge in [0.25, 0.3) is 23.6 Å². The van der Waals surface area contributed by atoms with Gasteiger partial charge in [-0.05, 0) is 70.1 Å². The summed E-state index contributed by atoms with van der Waals surface area (Å²) in [4.78, 5) is 56.7. The van der Waals surface area contributed by atoms with Gasteiger partial charge in [-0.1, -0.05) is 72.8 Å². The molecule has 46 heavy (non-hydrogen) atoms.